The second-order valence-corrected chi connectivity index (χ2v) is 18.9. The summed E-state index contributed by atoms with van der Waals surface area (Å²) < 4.78 is 292. The van der Waals surface area contributed by atoms with Gasteiger partial charge in [-0.25, -0.2) is 70.2 Å². The largest absolute Gasteiger partial charge is 0.380 e. The molecule has 4 aliphatic rings. The Hall–Kier alpha value is -4.34. The monoisotopic (exact) mass is 943 g/mol. The molecule has 8 rings (SSSR count). The molecule has 0 radical (unpaired) electrons. The van der Waals surface area contributed by atoms with E-state index in [2.05, 4.69) is 0 Å². The molecule has 0 amide bonds. The van der Waals surface area contributed by atoms with E-state index >= 15 is 70.2 Å². The Morgan fingerprint density at radius 2 is 0.554 bits per heavy atom. The summed E-state index contributed by atoms with van der Waals surface area (Å²) in [6.45, 7) is 2.01. The van der Waals surface area contributed by atoms with E-state index in [9.17, 15) is 0 Å². The maximum absolute atomic E-state index is 17.4. The minimum atomic E-state index is -6.77. The summed E-state index contributed by atoms with van der Waals surface area (Å²) >= 11 is 0. The molecular weight excluding hydrogens is 907 g/mol. The van der Waals surface area contributed by atoms with Crippen molar-refractivity contribution in [2.45, 2.75) is 58.8 Å². The molecule has 0 spiro atoms. The summed E-state index contributed by atoms with van der Waals surface area (Å²) in [7, 11) is 0. The van der Waals surface area contributed by atoms with E-state index in [-0.39, 0.29) is 39.6 Å². The normalized spacial score (nSPS) is 19.4. The van der Waals surface area contributed by atoms with Crippen LogP contribution in [0.1, 0.15) is 56.4 Å². The lowest BCUT2D eigenvalue weighted by atomic mass is 9.12. The van der Waals surface area contributed by atoms with Crippen LogP contribution in [0.15, 0.2) is 0 Å². The van der Waals surface area contributed by atoms with Crippen LogP contribution in [0.25, 0.3) is 0 Å². The lowest BCUT2D eigenvalue weighted by Crippen LogP contribution is -2.81. The van der Waals surface area contributed by atoms with Crippen molar-refractivity contribution in [2.75, 3.05) is 52.9 Å². The van der Waals surface area contributed by atoms with Crippen LogP contribution >= 0.6 is 0 Å². The standard InChI is InChI=1S/C44H36BF16O4/c1-5-44(15-65-16-44)20-31(52)39(60)24(40(61)32(20)53)45(21-33(54)25(46)17(26(47)34(21)55)6-41(2)9-62-10-41,22-35(56)27(48)18(28(49)36(22)57)7-42(3)11-63-12-42)23-37(58)29(50)19(30(51)38(23)59)8-43(4)13-64-14-43/h5-16H2,1-4H3/q-1. The van der Waals surface area contributed by atoms with Crippen LogP contribution in [0, 0.1) is 109 Å². The highest BCUT2D eigenvalue weighted by Crippen LogP contribution is 2.42. The maximum atomic E-state index is 17.4. The molecule has 0 N–H and O–H groups in total. The molecule has 0 aromatic heterocycles. The number of hydrogen-bond donors (Lipinski definition) is 0. The molecule has 352 valence electrons. The van der Waals surface area contributed by atoms with Crippen LogP contribution < -0.4 is 21.9 Å². The van der Waals surface area contributed by atoms with Crippen LogP contribution in [0.3, 0.4) is 0 Å². The van der Waals surface area contributed by atoms with Gasteiger partial charge in [-0.15, -0.1) is 21.9 Å². The van der Waals surface area contributed by atoms with Gasteiger partial charge in [0.2, 0.25) is 0 Å². The van der Waals surface area contributed by atoms with Gasteiger partial charge >= 0.3 is 0 Å². The summed E-state index contributed by atoms with van der Waals surface area (Å²) in [6.07, 6.45) is -10.1. The zero-order valence-electron chi connectivity index (χ0n) is 34.7. The highest BCUT2D eigenvalue weighted by molar-refractivity contribution is 7.20. The second kappa shape index (κ2) is 15.9. The van der Waals surface area contributed by atoms with E-state index in [0.29, 0.717) is 0 Å². The topological polar surface area (TPSA) is 36.9 Å². The first-order valence-corrected chi connectivity index (χ1v) is 20.2. The summed E-state index contributed by atoms with van der Waals surface area (Å²) in [5, 5.41) is 0. The van der Waals surface area contributed by atoms with E-state index in [1.165, 1.54) is 27.7 Å². The van der Waals surface area contributed by atoms with Crippen LogP contribution in [0.4, 0.5) is 70.2 Å². The smallest absolute Gasteiger partial charge is 0.162 e. The van der Waals surface area contributed by atoms with Gasteiger partial charge in [0, 0.05) is 43.9 Å². The highest BCUT2D eigenvalue weighted by atomic mass is 19.2. The summed E-state index contributed by atoms with van der Waals surface area (Å²) in [4.78, 5) is 0. The van der Waals surface area contributed by atoms with Gasteiger partial charge in [0.15, 0.2) is 46.5 Å². The van der Waals surface area contributed by atoms with Gasteiger partial charge in [-0.05, 0) is 25.7 Å². The van der Waals surface area contributed by atoms with Gasteiger partial charge in [-0.3, -0.25) is 0 Å². The molecule has 0 saturated carbocycles. The van der Waals surface area contributed by atoms with Crippen molar-refractivity contribution in [3.63, 3.8) is 0 Å². The fourth-order valence-electron chi connectivity index (χ4n) is 9.86. The molecule has 0 atom stereocenters. The van der Waals surface area contributed by atoms with E-state index in [4.69, 9.17) is 18.9 Å². The predicted octanol–water partition coefficient (Wildman–Crippen LogP) is 7.70. The Morgan fingerprint density at radius 3 is 0.723 bits per heavy atom. The molecule has 65 heavy (non-hydrogen) atoms. The molecule has 0 unspecified atom stereocenters. The molecule has 4 fully saturated rings. The molecule has 4 aromatic carbocycles. The van der Waals surface area contributed by atoms with E-state index in [1.807, 2.05) is 0 Å². The average Bonchev–Trinajstić information content (AvgIpc) is 3.21. The van der Waals surface area contributed by atoms with Crippen LogP contribution in [0.5, 0.6) is 0 Å². The van der Waals surface area contributed by atoms with Crippen molar-refractivity contribution in [3.8, 4) is 0 Å². The third-order valence-corrected chi connectivity index (χ3v) is 13.7. The van der Waals surface area contributed by atoms with Crippen molar-refractivity contribution < 1.29 is 89.2 Å². The fourth-order valence-corrected chi connectivity index (χ4v) is 9.86. The fraction of sp³-hybridized carbons (Fsp3) is 0.455. The lowest BCUT2D eigenvalue weighted by molar-refractivity contribution is -0.101. The van der Waals surface area contributed by atoms with Crippen LogP contribution in [-0.2, 0) is 43.6 Å². The first kappa shape index (κ1) is 47.2. The van der Waals surface area contributed by atoms with Gasteiger partial charge in [0.25, 0.3) is 0 Å². The third-order valence-electron chi connectivity index (χ3n) is 13.7. The molecule has 21 heteroatoms. The maximum Gasteiger partial charge on any atom is 0.162 e. The number of rotatable bonds is 12. The third kappa shape index (κ3) is 6.73. The van der Waals surface area contributed by atoms with Crippen LogP contribution in [-0.4, -0.2) is 59.0 Å². The molecule has 4 saturated heterocycles. The van der Waals surface area contributed by atoms with Gasteiger partial charge in [-0.1, -0.05) is 27.7 Å². The SMILES string of the molecule is CCC1(c2c(F)c(F)c([B-](c3c(F)c(F)c(CC4(C)COC4)c(F)c3F)(c3c(F)c(F)c(CC4(C)COC4)c(F)c3F)c3c(F)c(F)c(CC4(C)COC4)c(F)c3F)c(F)c2F)COC1. The Bertz CT molecular complexity index is 2340. The van der Waals surface area contributed by atoms with Gasteiger partial charge in [-0.2, -0.15) is 0 Å². The van der Waals surface area contributed by atoms with Crippen molar-refractivity contribution in [1.29, 1.82) is 0 Å². The lowest BCUT2D eigenvalue weighted by Gasteiger charge is -2.47. The summed E-state index contributed by atoms with van der Waals surface area (Å²) in [6, 6.07) is 0. The van der Waals surface area contributed by atoms with Crippen LogP contribution in [0.2, 0.25) is 0 Å². The second-order valence-electron chi connectivity index (χ2n) is 18.9. The number of ether oxygens (including phenoxy) is 4. The molecule has 0 bridgehead atoms. The minimum Gasteiger partial charge on any atom is -0.380 e. The number of benzene rings is 4. The molecule has 4 nitrogen and oxygen atoms in total. The van der Waals surface area contributed by atoms with Crippen molar-refractivity contribution in [1.82, 2.24) is 0 Å². The molecule has 0 aliphatic carbocycles. The minimum absolute atomic E-state index is 0.296. The first-order chi connectivity index (χ1) is 30.4. The Balaban J connectivity index is 1.63. The Morgan fingerprint density at radius 1 is 0.338 bits per heavy atom. The quantitative estimate of drug-likeness (QED) is 0.0830. The van der Waals surface area contributed by atoms with E-state index in [0.717, 1.165) is 0 Å². The number of hydrogen-bond acceptors (Lipinski definition) is 4. The molecule has 4 heterocycles. The molecular formula is C44H36BF16O4-. The highest BCUT2D eigenvalue weighted by Gasteiger charge is 2.54. The van der Waals surface area contributed by atoms with Gasteiger partial charge in [0.1, 0.15) is 52.7 Å². The van der Waals surface area contributed by atoms with Gasteiger partial charge < -0.3 is 18.9 Å². The summed E-state index contributed by atoms with van der Waals surface area (Å²) in [5.41, 5.74) is -24.1. The van der Waals surface area contributed by atoms with Crippen molar-refractivity contribution >= 4 is 28.0 Å². The zero-order valence-corrected chi connectivity index (χ0v) is 34.7. The molecule has 4 aliphatic heterocycles. The van der Waals surface area contributed by atoms with Gasteiger partial charge in [0.05, 0.1) is 52.9 Å². The predicted molar refractivity (Wildman–Crippen MR) is 200 cm³/mol. The first-order valence-electron chi connectivity index (χ1n) is 20.2. The van der Waals surface area contributed by atoms with Crippen molar-refractivity contribution in [3.05, 3.63) is 115 Å². The zero-order chi connectivity index (χ0) is 47.7. The average molecular weight is 944 g/mol. The summed E-state index contributed by atoms with van der Waals surface area (Å²) in [5.74, 6) is -45.5. The van der Waals surface area contributed by atoms with Crippen molar-refractivity contribution in [2.24, 2.45) is 16.2 Å². The Kier molecular flexibility index (Phi) is 11.5. The molecule has 4 aromatic rings. The van der Waals surface area contributed by atoms with E-state index < -0.39 is 204 Å². The Labute approximate surface area is 360 Å². The number of halogens is 16. The van der Waals surface area contributed by atoms with E-state index in [1.54, 1.807) is 0 Å².